The zero-order valence-electron chi connectivity index (χ0n) is 10.5. The first-order chi connectivity index (χ1) is 9.74. The summed E-state index contributed by atoms with van der Waals surface area (Å²) in [6.45, 7) is 0.515. The van der Waals surface area contributed by atoms with Crippen LogP contribution >= 0.6 is 0 Å². The predicted molar refractivity (Wildman–Crippen MR) is 74.7 cm³/mol. The Labute approximate surface area is 114 Å². The van der Waals surface area contributed by atoms with Crippen LogP contribution < -0.4 is 5.32 Å². The van der Waals surface area contributed by atoms with Gasteiger partial charge in [0.15, 0.2) is 5.69 Å². The summed E-state index contributed by atoms with van der Waals surface area (Å²) in [6, 6.07) is 14.3. The van der Waals surface area contributed by atoms with Gasteiger partial charge in [0.05, 0.1) is 0 Å². The second kappa shape index (κ2) is 5.05. The number of benzene rings is 2. The number of carboxylic acid groups (broad SMARTS) is 1. The van der Waals surface area contributed by atoms with Crippen LogP contribution in [-0.4, -0.2) is 16.1 Å². The number of hydrogen-bond donors (Lipinski definition) is 2. The van der Waals surface area contributed by atoms with Gasteiger partial charge >= 0.3 is 5.97 Å². The van der Waals surface area contributed by atoms with Crippen LogP contribution in [0, 0.1) is 0 Å². The van der Waals surface area contributed by atoms with Crippen LogP contribution in [0.15, 0.2) is 53.1 Å². The monoisotopic (exact) mass is 268 g/mol. The topological polar surface area (TPSA) is 75.4 Å². The molecule has 0 saturated carbocycles. The lowest BCUT2D eigenvalue weighted by Gasteiger charge is -2.06. The summed E-state index contributed by atoms with van der Waals surface area (Å²) in [5.74, 6) is -1.10. The van der Waals surface area contributed by atoms with E-state index in [1.165, 1.54) is 0 Å². The number of oxazole rings is 1. The number of rotatable bonds is 4. The molecule has 5 heteroatoms. The fraction of sp³-hybridized carbons (Fsp3) is 0.0667. The van der Waals surface area contributed by atoms with Gasteiger partial charge in [0.1, 0.15) is 6.26 Å². The van der Waals surface area contributed by atoms with Gasteiger partial charge < -0.3 is 14.8 Å². The zero-order chi connectivity index (χ0) is 13.9. The van der Waals surface area contributed by atoms with E-state index in [1.807, 2.05) is 42.5 Å². The number of carboxylic acids is 1. The molecule has 0 aliphatic rings. The number of carbonyl (C=O) groups is 1. The van der Waals surface area contributed by atoms with Gasteiger partial charge in [-0.15, -0.1) is 0 Å². The molecule has 0 aliphatic carbocycles. The molecule has 2 aromatic carbocycles. The van der Waals surface area contributed by atoms with Gasteiger partial charge in [-0.1, -0.05) is 42.5 Å². The molecule has 0 atom stereocenters. The summed E-state index contributed by atoms with van der Waals surface area (Å²) in [6.07, 6.45) is 1.12. The van der Waals surface area contributed by atoms with E-state index in [-0.39, 0.29) is 11.7 Å². The summed E-state index contributed by atoms with van der Waals surface area (Å²) >= 11 is 0. The molecule has 0 aliphatic heterocycles. The van der Waals surface area contributed by atoms with Crippen molar-refractivity contribution in [2.24, 2.45) is 0 Å². The van der Waals surface area contributed by atoms with Crippen molar-refractivity contribution in [3.8, 4) is 0 Å². The Kier molecular flexibility index (Phi) is 3.09. The minimum absolute atomic E-state index is 0.106. The maximum Gasteiger partial charge on any atom is 0.357 e. The summed E-state index contributed by atoms with van der Waals surface area (Å²) in [5, 5.41) is 14.1. The minimum atomic E-state index is -1.10. The van der Waals surface area contributed by atoms with Crippen molar-refractivity contribution in [3.05, 3.63) is 60.0 Å². The Hall–Kier alpha value is -2.82. The van der Waals surface area contributed by atoms with Crippen LogP contribution in [0.4, 0.5) is 6.01 Å². The van der Waals surface area contributed by atoms with E-state index in [9.17, 15) is 4.79 Å². The van der Waals surface area contributed by atoms with Gasteiger partial charge in [0.25, 0.3) is 6.01 Å². The molecule has 2 N–H and O–H groups in total. The molecule has 0 spiro atoms. The molecule has 0 saturated heterocycles. The summed E-state index contributed by atoms with van der Waals surface area (Å²) in [5.41, 5.74) is 0.989. The normalized spacial score (nSPS) is 10.6. The third kappa shape index (κ3) is 2.33. The van der Waals surface area contributed by atoms with Crippen LogP contribution in [0.5, 0.6) is 0 Å². The Bertz CT molecular complexity index is 759. The molecule has 0 amide bonds. The van der Waals surface area contributed by atoms with Crippen molar-refractivity contribution >= 4 is 22.8 Å². The highest BCUT2D eigenvalue weighted by Crippen LogP contribution is 2.19. The van der Waals surface area contributed by atoms with E-state index < -0.39 is 5.97 Å². The van der Waals surface area contributed by atoms with Crippen LogP contribution in [0.3, 0.4) is 0 Å². The first-order valence-electron chi connectivity index (χ1n) is 6.13. The Morgan fingerprint density at radius 2 is 2.00 bits per heavy atom. The number of nitrogens with one attached hydrogen (secondary N) is 1. The molecule has 1 heterocycles. The maximum absolute atomic E-state index is 10.7. The molecule has 5 nitrogen and oxygen atoms in total. The van der Waals surface area contributed by atoms with Gasteiger partial charge in [-0.25, -0.2) is 4.79 Å². The highest BCUT2D eigenvalue weighted by atomic mass is 16.4. The van der Waals surface area contributed by atoms with Crippen molar-refractivity contribution in [3.63, 3.8) is 0 Å². The lowest BCUT2D eigenvalue weighted by atomic mass is 10.0. The highest BCUT2D eigenvalue weighted by Gasteiger charge is 2.10. The average molecular weight is 268 g/mol. The van der Waals surface area contributed by atoms with E-state index in [2.05, 4.69) is 10.3 Å². The smallest absolute Gasteiger partial charge is 0.357 e. The van der Waals surface area contributed by atoms with E-state index in [0.717, 1.165) is 22.6 Å². The molecular formula is C15H12N2O3. The number of aromatic carboxylic acids is 1. The van der Waals surface area contributed by atoms with Crippen molar-refractivity contribution in [2.45, 2.75) is 6.54 Å². The molecule has 100 valence electrons. The molecule has 3 aromatic rings. The molecule has 3 rings (SSSR count). The van der Waals surface area contributed by atoms with Gasteiger partial charge in [-0.3, -0.25) is 0 Å². The number of hydrogen-bond acceptors (Lipinski definition) is 4. The van der Waals surface area contributed by atoms with E-state index in [1.54, 1.807) is 0 Å². The minimum Gasteiger partial charge on any atom is -0.476 e. The Morgan fingerprint density at radius 3 is 2.80 bits per heavy atom. The summed E-state index contributed by atoms with van der Waals surface area (Å²) in [7, 11) is 0. The number of anilines is 1. The second-order valence-electron chi connectivity index (χ2n) is 4.33. The number of fused-ring (bicyclic) bond motifs is 1. The molecule has 0 unspecified atom stereocenters. The molecular weight excluding hydrogens is 256 g/mol. The third-order valence-corrected chi connectivity index (χ3v) is 3.03. The SMILES string of the molecule is O=C(O)c1coc(NCc2cccc3ccccc23)n1. The predicted octanol–water partition coefficient (Wildman–Crippen LogP) is 3.14. The molecule has 20 heavy (non-hydrogen) atoms. The van der Waals surface area contributed by atoms with Crippen molar-refractivity contribution < 1.29 is 14.3 Å². The summed E-state index contributed by atoms with van der Waals surface area (Å²) in [4.78, 5) is 14.5. The van der Waals surface area contributed by atoms with Gasteiger partial charge in [-0.05, 0) is 16.3 Å². The first kappa shape index (κ1) is 12.2. The molecule has 0 radical (unpaired) electrons. The van der Waals surface area contributed by atoms with Crippen LogP contribution in [0.2, 0.25) is 0 Å². The van der Waals surface area contributed by atoms with Crippen molar-refractivity contribution in [1.29, 1.82) is 0 Å². The van der Waals surface area contributed by atoms with Crippen molar-refractivity contribution in [2.75, 3.05) is 5.32 Å². The quantitative estimate of drug-likeness (QED) is 0.760. The Morgan fingerprint density at radius 1 is 1.20 bits per heavy atom. The second-order valence-corrected chi connectivity index (χ2v) is 4.33. The van der Waals surface area contributed by atoms with Crippen LogP contribution in [0.25, 0.3) is 10.8 Å². The number of aromatic nitrogens is 1. The lowest BCUT2D eigenvalue weighted by Crippen LogP contribution is -2.01. The molecule has 0 bridgehead atoms. The van der Waals surface area contributed by atoms with E-state index in [4.69, 9.17) is 9.52 Å². The lowest BCUT2D eigenvalue weighted by molar-refractivity contribution is 0.0690. The number of nitrogens with zero attached hydrogens (tertiary/aromatic N) is 1. The molecule has 1 aromatic heterocycles. The average Bonchev–Trinajstić information content (AvgIpc) is 2.94. The standard InChI is InChI=1S/C15H12N2O3/c18-14(19)13-9-20-15(17-13)16-8-11-6-3-5-10-4-1-2-7-12(10)11/h1-7,9H,8H2,(H,16,17)(H,18,19). The largest absolute Gasteiger partial charge is 0.476 e. The van der Waals surface area contributed by atoms with Crippen LogP contribution in [0.1, 0.15) is 16.1 Å². The van der Waals surface area contributed by atoms with Gasteiger partial charge in [-0.2, -0.15) is 4.98 Å². The highest BCUT2D eigenvalue weighted by molar-refractivity contribution is 5.86. The van der Waals surface area contributed by atoms with E-state index >= 15 is 0 Å². The van der Waals surface area contributed by atoms with Gasteiger partial charge in [0, 0.05) is 6.54 Å². The summed E-state index contributed by atoms with van der Waals surface area (Å²) < 4.78 is 5.06. The fourth-order valence-electron chi connectivity index (χ4n) is 2.07. The van der Waals surface area contributed by atoms with Gasteiger partial charge in [0.2, 0.25) is 0 Å². The Balaban J connectivity index is 1.81. The third-order valence-electron chi connectivity index (χ3n) is 3.03. The zero-order valence-corrected chi connectivity index (χ0v) is 10.5. The van der Waals surface area contributed by atoms with Crippen molar-refractivity contribution in [1.82, 2.24) is 4.98 Å². The fourth-order valence-corrected chi connectivity index (χ4v) is 2.07. The maximum atomic E-state index is 10.7. The first-order valence-corrected chi connectivity index (χ1v) is 6.13. The van der Waals surface area contributed by atoms with E-state index in [0.29, 0.717) is 6.54 Å². The molecule has 0 fully saturated rings. The van der Waals surface area contributed by atoms with Crippen LogP contribution in [-0.2, 0) is 6.54 Å².